The van der Waals surface area contributed by atoms with Gasteiger partial charge in [0.25, 0.3) is 0 Å². The van der Waals surface area contributed by atoms with Crippen LogP contribution in [0.4, 0.5) is 10.7 Å². The summed E-state index contributed by atoms with van der Waals surface area (Å²) in [6.07, 6.45) is 0. The first kappa shape index (κ1) is 20.1. The highest BCUT2D eigenvalue weighted by Gasteiger charge is 2.45. The van der Waals surface area contributed by atoms with Gasteiger partial charge in [0, 0.05) is 22.1 Å². The van der Waals surface area contributed by atoms with Gasteiger partial charge in [0.15, 0.2) is 0 Å². The number of hydrogen-bond acceptors (Lipinski definition) is 6. The molecule has 0 saturated heterocycles. The molecule has 0 fully saturated rings. The zero-order valence-electron chi connectivity index (χ0n) is 15.8. The summed E-state index contributed by atoms with van der Waals surface area (Å²) >= 11 is 7.01. The van der Waals surface area contributed by atoms with Gasteiger partial charge < -0.3 is 15.8 Å². The molecule has 1 amide bonds. The van der Waals surface area contributed by atoms with E-state index in [1.807, 2.05) is 30.3 Å². The number of ketones is 1. The highest BCUT2D eigenvalue weighted by Crippen LogP contribution is 2.49. The van der Waals surface area contributed by atoms with Gasteiger partial charge in [-0.05, 0) is 29.8 Å². The number of nitrogens with one attached hydrogen (secondary N) is 1. The predicted octanol–water partition coefficient (Wildman–Crippen LogP) is 4.09. The minimum atomic E-state index is -1.11. The number of hydrogen-bond donors (Lipinski definition) is 2. The Balaban J connectivity index is 1.87. The Kier molecular flexibility index (Phi) is 5.32. The molecular formula is C22H17ClN2O4S. The summed E-state index contributed by atoms with van der Waals surface area (Å²) < 4.78 is 4.88. The van der Waals surface area contributed by atoms with Gasteiger partial charge in [-0.25, -0.2) is 0 Å². The standard InChI is InChI=1S/C22H17ClN2O4S/c1-29-22(28)16-14(11-5-3-2-4-6-11)15-17(24)19(30-21(15)25-20(16)27)18(26)12-7-9-13(23)10-8-12/h2-10,14,16H,24H2,1H3,(H,25,27)/t14-,16-/m0/s1. The summed E-state index contributed by atoms with van der Waals surface area (Å²) in [7, 11) is 1.24. The van der Waals surface area contributed by atoms with Crippen molar-refractivity contribution in [2.24, 2.45) is 5.92 Å². The van der Waals surface area contributed by atoms with Crippen LogP contribution in [0.1, 0.15) is 32.3 Å². The Morgan fingerprint density at radius 1 is 1.10 bits per heavy atom. The first-order chi connectivity index (χ1) is 14.4. The summed E-state index contributed by atoms with van der Waals surface area (Å²) in [6, 6.07) is 15.6. The zero-order chi connectivity index (χ0) is 21.4. The number of esters is 1. The lowest BCUT2D eigenvalue weighted by Crippen LogP contribution is -2.39. The molecule has 0 radical (unpaired) electrons. The summed E-state index contributed by atoms with van der Waals surface area (Å²) in [5.74, 6) is -3.21. The Morgan fingerprint density at radius 3 is 2.40 bits per heavy atom. The molecule has 1 aliphatic heterocycles. The fraction of sp³-hybridized carbons (Fsp3) is 0.136. The smallest absolute Gasteiger partial charge is 0.319 e. The number of methoxy groups -OCH3 is 1. The van der Waals surface area contributed by atoms with Gasteiger partial charge in [-0.1, -0.05) is 41.9 Å². The number of amides is 1. The summed E-state index contributed by atoms with van der Waals surface area (Å²) in [5, 5.41) is 3.70. The molecule has 8 heteroatoms. The van der Waals surface area contributed by atoms with Crippen LogP contribution in [0.25, 0.3) is 0 Å². The molecular weight excluding hydrogens is 424 g/mol. The van der Waals surface area contributed by atoms with Crippen molar-refractivity contribution < 1.29 is 19.1 Å². The van der Waals surface area contributed by atoms with E-state index in [4.69, 9.17) is 22.1 Å². The normalized spacial score (nSPS) is 17.7. The lowest BCUT2D eigenvalue weighted by molar-refractivity contribution is -0.149. The van der Waals surface area contributed by atoms with Crippen molar-refractivity contribution in [3.8, 4) is 0 Å². The second-order valence-electron chi connectivity index (χ2n) is 6.80. The number of halogens is 1. The number of benzene rings is 2. The number of anilines is 2. The lowest BCUT2D eigenvalue weighted by Gasteiger charge is -2.30. The Morgan fingerprint density at radius 2 is 1.77 bits per heavy atom. The molecule has 2 atom stereocenters. The van der Waals surface area contributed by atoms with E-state index in [1.165, 1.54) is 7.11 Å². The van der Waals surface area contributed by atoms with Crippen molar-refractivity contribution in [3.05, 3.63) is 81.2 Å². The van der Waals surface area contributed by atoms with Crippen LogP contribution in [0, 0.1) is 5.92 Å². The first-order valence-corrected chi connectivity index (χ1v) is 10.3. The third-order valence-electron chi connectivity index (χ3n) is 5.07. The van der Waals surface area contributed by atoms with Crippen molar-refractivity contribution in [1.29, 1.82) is 0 Å². The van der Waals surface area contributed by atoms with Crippen LogP contribution in [0.2, 0.25) is 5.02 Å². The largest absolute Gasteiger partial charge is 0.468 e. The monoisotopic (exact) mass is 440 g/mol. The quantitative estimate of drug-likeness (QED) is 0.361. The minimum absolute atomic E-state index is 0.248. The Bertz CT molecular complexity index is 1140. The molecule has 0 spiro atoms. The number of thiophene rings is 1. The molecule has 0 unspecified atom stereocenters. The van der Waals surface area contributed by atoms with Gasteiger partial charge in [0.1, 0.15) is 15.8 Å². The van der Waals surface area contributed by atoms with Gasteiger partial charge in [0.05, 0.1) is 12.8 Å². The average Bonchev–Trinajstić information content (AvgIpc) is 3.08. The van der Waals surface area contributed by atoms with Crippen LogP contribution in [0.3, 0.4) is 0 Å². The van der Waals surface area contributed by atoms with Crippen molar-refractivity contribution in [2.45, 2.75) is 5.92 Å². The van der Waals surface area contributed by atoms with Crippen molar-refractivity contribution in [3.63, 3.8) is 0 Å². The van der Waals surface area contributed by atoms with Gasteiger partial charge in [-0.3, -0.25) is 14.4 Å². The fourth-order valence-electron chi connectivity index (χ4n) is 3.66. The van der Waals surface area contributed by atoms with Gasteiger partial charge in [-0.15, -0.1) is 11.3 Å². The second kappa shape index (κ2) is 7.93. The van der Waals surface area contributed by atoms with Gasteiger partial charge in [0.2, 0.25) is 11.7 Å². The maximum Gasteiger partial charge on any atom is 0.319 e. The van der Waals surface area contributed by atoms with E-state index in [2.05, 4.69) is 5.32 Å². The van der Waals surface area contributed by atoms with Crippen LogP contribution >= 0.6 is 22.9 Å². The number of ether oxygens (including phenoxy) is 1. The summed E-state index contributed by atoms with van der Waals surface area (Å²) in [6.45, 7) is 0. The Hall–Kier alpha value is -3.16. The van der Waals surface area contributed by atoms with Crippen LogP contribution < -0.4 is 11.1 Å². The molecule has 3 N–H and O–H groups in total. The summed E-state index contributed by atoms with van der Waals surface area (Å²) in [5.41, 5.74) is 8.39. The molecule has 1 aromatic heterocycles. The molecule has 6 nitrogen and oxygen atoms in total. The molecule has 0 saturated carbocycles. The number of carbonyl (C=O) groups excluding carboxylic acids is 3. The van der Waals surface area contributed by atoms with E-state index < -0.39 is 23.7 Å². The molecule has 4 rings (SSSR count). The average molecular weight is 441 g/mol. The van der Waals surface area contributed by atoms with Crippen LogP contribution in [-0.4, -0.2) is 24.8 Å². The number of nitrogen functional groups attached to an aromatic ring is 1. The molecule has 3 aromatic rings. The molecule has 0 bridgehead atoms. The minimum Gasteiger partial charge on any atom is -0.468 e. The maximum absolute atomic E-state index is 13.1. The molecule has 2 heterocycles. The van der Waals surface area contributed by atoms with E-state index in [1.54, 1.807) is 24.3 Å². The van der Waals surface area contributed by atoms with Gasteiger partial charge in [-0.2, -0.15) is 0 Å². The van der Waals surface area contributed by atoms with Gasteiger partial charge >= 0.3 is 5.97 Å². The molecule has 0 aliphatic carbocycles. The molecule has 30 heavy (non-hydrogen) atoms. The van der Waals surface area contributed by atoms with E-state index in [0.717, 1.165) is 16.9 Å². The van der Waals surface area contributed by atoms with E-state index in [-0.39, 0.29) is 11.5 Å². The highest BCUT2D eigenvalue weighted by molar-refractivity contribution is 7.19. The van der Waals surface area contributed by atoms with Crippen LogP contribution in [-0.2, 0) is 14.3 Å². The van der Waals surface area contributed by atoms with Crippen LogP contribution in [0.5, 0.6) is 0 Å². The number of fused-ring (bicyclic) bond motifs is 1. The van der Waals surface area contributed by atoms with E-state index >= 15 is 0 Å². The fourth-order valence-corrected chi connectivity index (χ4v) is 4.92. The number of carbonyl (C=O) groups is 3. The van der Waals surface area contributed by atoms with Crippen molar-refractivity contribution >= 4 is 51.3 Å². The first-order valence-electron chi connectivity index (χ1n) is 9.08. The zero-order valence-corrected chi connectivity index (χ0v) is 17.4. The third kappa shape index (κ3) is 3.36. The Labute approximate surface area is 181 Å². The second-order valence-corrected chi connectivity index (χ2v) is 8.26. The molecule has 152 valence electrons. The number of nitrogens with two attached hydrogens (primary N) is 1. The third-order valence-corrected chi connectivity index (χ3v) is 6.46. The van der Waals surface area contributed by atoms with E-state index in [9.17, 15) is 14.4 Å². The van der Waals surface area contributed by atoms with Crippen LogP contribution in [0.15, 0.2) is 54.6 Å². The SMILES string of the molecule is COC(=O)[C@@H]1C(=O)Nc2sc(C(=O)c3ccc(Cl)cc3)c(N)c2[C@@H]1c1ccccc1. The van der Waals surface area contributed by atoms with Crippen molar-refractivity contribution in [1.82, 2.24) is 0 Å². The summed E-state index contributed by atoms with van der Waals surface area (Å²) in [4.78, 5) is 38.6. The lowest BCUT2D eigenvalue weighted by atomic mass is 9.78. The molecule has 2 aromatic carbocycles. The highest BCUT2D eigenvalue weighted by atomic mass is 35.5. The molecule has 1 aliphatic rings. The topological polar surface area (TPSA) is 98.5 Å². The van der Waals surface area contributed by atoms with E-state index in [0.29, 0.717) is 26.0 Å². The predicted molar refractivity (Wildman–Crippen MR) is 116 cm³/mol. The van der Waals surface area contributed by atoms with Crippen molar-refractivity contribution in [2.75, 3.05) is 18.2 Å². The maximum atomic E-state index is 13.1. The number of rotatable bonds is 4.